The van der Waals surface area contributed by atoms with Crippen LogP contribution in [0.4, 0.5) is 0 Å². The molecule has 6 atom stereocenters. The van der Waals surface area contributed by atoms with Gasteiger partial charge in [-0.05, 0) is 68.6 Å². The molecule has 0 aromatic heterocycles. The number of rotatable bonds is 5. The topological polar surface area (TPSA) is 60.7 Å². The van der Waals surface area contributed by atoms with Crippen molar-refractivity contribution in [3.8, 4) is 0 Å². The maximum absolute atomic E-state index is 11.0. The zero-order valence-electron chi connectivity index (χ0n) is 18.9. The summed E-state index contributed by atoms with van der Waals surface area (Å²) in [5.41, 5.74) is 3.67. The molecule has 0 unspecified atom stereocenters. The molecule has 0 saturated heterocycles. The summed E-state index contributed by atoms with van der Waals surface area (Å²) in [4.78, 5) is 0. The first-order valence-corrected chi connectivity index (χ1v) is 12.6. The Morgan fingerprint density at radius 2 is 1.97 bits per heavy atom. The van der Waals surface area contributed by atoms with Gasteiger partial charge in [0.25, 0.3) is 0 Å². The van der Waals surface area contributed by atoms with E-state index < -0.39 is 17.8 Å². The van der Waals surface area contributed by atoms with Gasteiger partial charge in [-0.1, -0.05) is 54.9 Å². The van der Waals surface area contributed by atoms with Gasteiger partial charge in [0.2, 0.25) is 0 Å². The van der Waals surface area contributed by atoms with E-state index in [2.05, 4.69) is 43.6 Å². The molecule has 0 bridgehead atoms. The first-order valence-electron chi connectivity index (χ1n) is 11.5. The van der Waals surface area contributed by atoms with Crippen LogP contribution in [-0.2, 0) is 0 Å². The molecular weight excluding hydrogens is 392 g/mol. The van der Waals surface area contributed by atoms with E-state index in [1.165, 1.54) is 11.1 Å². The van der Waals surface area contributed by atoms with Crippen molar-refractivity contribution < 1.29 is 15.3 Å². The Balaban J connectivity index is 1.49. The summed E-state index contributed by atoms with van der Waals surface area (Å²) in [6.07, 6.45) is 13.5. The lowest BCUT2D eigenvalue weighted by atomic mass is 9.50. The van der Waals surface area contributed by atoms with Crippen molar-refractivity contribution in [3.63, 3.8) is 0 Å². The van der Waals surface area contributed by atoms with Gasteiger partial charge in [0.1, 0.15) is 0 Å². The normalized spacial score (nSPS) is 41.0. The van der Waals surface area contributed by atoms with Crippen LogP contribution < -0.4 is 0 Å². The van der Waals surface area contributed by atoms with Gasteiger partial charge >= 0.3 is 0 Å². The van der Waals surface area contributed by atoms with Crippen LogP contribution >= 0.6 is 11.8 Å². The van der Waals surface area contributed by atoms with Gasteiger partial charge in [-0.3, -0.25) is 0 Å². The van der Waals surface area contributed by atoms with Gasteiger partial charge < -0.3 is 15.3 Å². The Labute approximate surface area is 186 Å². The van der Waals surface area contributed by atoms with Crippen molar-refractivity contribution in [1.29, 1.82) is 0 Å². The SMILES string of the molecule is CC(C)(O)C/C=C/SCC1=CC[C@H]2C3=CC=C4C[C@@H](O)C[C@H](O)[C@]4(C)[C@H]3CC[C@]12C. The fourth-order valence-electron chi connectivity index (χ4n) is 6.49. The fourth-order valence-corrected chi connectivity index (χ4v) is 7.44. The predicted octanol–water partition coefficient (Wildman–Crippen LogP) is 5.15. The Morgan fingerprint density at radius 3 is 2.70 bits per heavy atom. The molecule has 0 amide bonds. The summed E-state index contributed by atoms with van der Waals surface area (Å²) in [5.74, 6) is 1.94. The largest absolute Gasteiger partial charge is 0.393 e. The van der Waals surface area contributed by atoms with E-state index in [-0.39, 0.29) is 10.8 Å². The molecule has 2 saturated carbocycles. The highest BCUT2D eigenvalue weighted by atomic mass is 32.2. The summed E-state index contributed by atoms with van der Waals surface area (Å²) < 4.78 is 0. The van der Waals surface area contributed by atoms with E-state index in [0.717, 1.165) is 25.0 Å². The smallest absolute Gasteiger partial charge is 0.0661 e. The van der Waals surface area contributed by atoms with E-state index >= 15 is 0 Å². The second-order valence-corrected chi connectivity index (χ2v) is 11.9. The second-order valence-electron chi connectivity index (χ2n) is 11.0. The maximum Gasteiger partial charge on any atom is 0.0661 e. The molecule has 3 N–H and O–H groups in total. The highest BCUT2D eigenvalue weighted by Gasteiger charge is 2.56. The van der Waals surface area contributed by atoms with Gasteiger partial charge in [0.15, 0.2) is 0 Å². The van der Waals surface area contributed by atoms with Crippen molar-refractivity contribution in [2.24, 2.45) is 22.7 Å². The van der Waals surface area contributed by atoms with Crippen LogP contribution in [-0.4, -0.2) is 38.9 Å². The average molecular weight is 431 g/mol. The van der Waals surface area contributed by atoms with E-state index in [1.807, 2.05) is 25.6 Å². The molecule has 30 heavy (non-hydrogen) atoms. The van der Waals surface area contributed by atoms with E-state index in [0.29, 0.717) is 31.1 Å². The zero-order valence-corrected chi connectivity index (χ0v) is 19.7. The fraction of sp³-hybridized carbons (Fsp3) is 0.692. The lowest BCUT2D eigenvalue weighted by Crippen LogP contribution is -2.52. The first-order chi connectivity index (χ1) is 14.1. The van der Waals surface area contributed by atoms with Crippen LogP contribution in [0.15, 0.2) is 46.4 Å². The minimum Gasteiger partial charge on any atom is -0.393 e. The number of hydrogen-bond donors (Lipinski definition) is 3. The maximum atomic E-state index is 11.0. The van der Waals surface area contributed by atoms with Crippen LogP contribution in [0.2, 0.25) is 0 Å². The standard InChI is InChI=1S/C26H38O3S/c1-24(2,29)11-5-13-30-16-18-7-9-21-20-8-6-17-14-19(27)15-23(28)26(17,4)22(20)10-12-25(18,21)3/h5-8,13,19,21-23,27-29H,9-12,14-16H2,1-4H3/b13-5+/t19-,21+,22+,23+,25-,26+/m1/s1. The van der Waals surface area contributed by atoms with E-state index in [9.17, 15) is 15.3 Å². The summed E-state index contributed by atoms with van der Waals surface area (Å²) in [5, 5.41) is 33.1. The molecule has 4 aliphatic carbocycles. The van der Waals surface area contributed by atoms with Crippen molar-refractivity contribution >= 4 is 11.8 Å². The van der Waals surface area contributed by atoms with Crippen LogP contribution in [0.5, 0.6) is 0 Å². The van der Waals surface area contributed by atoms with Crippen molar-refractivity contribution in [2.75, 3.05) is 5.75 Å². The van der Waals surface area contributed by atoms with Crippen LogP contribution in [0.25, 0.3) is 0 Å². The van der Waals surface area contributed by atoms with Crippen molar-refractivity contribution in [1.82, 2.24) is 0 Å². The van der Waals surface area contributed by atoms with Gasteiger partial charge in [0.05, 0.1) is 17.8 Å². The number of aliphatic hydroxyl groups excluding tert-OH is 2. The molecular formula is C26H38O3S. The molecule has 4 rings (SSSR count). The van der Waals surface area contributed by atoms with Gasteiger partial charge in [-0.15, -0.1) is 11.8 Å². The zero-order chi connectivity index (χ0) is 21.7. The van der Waals surface area contributed by atoms with Gasteiger partial charge in [-0.25, -0.2) is 0 Å². The molecule has 2 fully saturated rings. The molecule has 3 nitrogen and oxygen atoms in total. The van der Waals surface area contributed by atoms with Gasteiger partial charge in [0, 0.05) is 17.6 Å². The number of allylic oxidation sites excluding steroid dienone is 4. The Morgan fingerprint density at radius 1 is 1.20 bits per heavy atom. The first kappa shape index (κ1) is 22.4. The summed E-state index contributed by atoms with van der Waals surface area (Å²) in [6, 6.07) is 0. The van der Waals surface area contributed by atoms with E-state index in [4.69, 9.17) is 0 Å². The molecule has 0 radical (unpaired) electrons. The van der Waals surface area contributed by atoms with Crippen LogP contribution in [0, 0.1) is 22.7 Å². The lowest BCUT2D eigenvalue weighted by molar-refractivity contribution is -0.0488. The summed E-state index contributed by atoms with van der Waals surface area (Å²) >= 11 is 1.83. The predicted molar refractivity (Wildman–Crippen MR) is 125 cm³/mol. The molecule has 0 heterocycles. The molecule has 0 aromatic carbocycles. The van der Waals surface area contributed by atoms with Crippen molar-refractivity contribution in [3.05, 3.63) is 46.4 Å². The molecule has 0 spiro atoms. The average Bonchev–Trinajstić information content (AvgIpc) is 2.98. The highest BCUT2D eigenvalue weighted by Crippen LogP contribution is 2.63. The Kier molecular flexibility index (Phi) is 5.93. The number of hydrogen-bond acceptors (Lipinski definition) is 4. The summed E-state index contributed by atoms with van der Waals surface area (Å²) in [7, 11) is 0. The third-order valence-corrected chi connectivity index (χ3v) is 9.31. The van der Waals surface area contributed by atoms with E-state index in [1.54, 1.807) is 5.57 Å². The third kappa shape index (κ3) is 3.79. The molecule has 4 aliphatic rings. The molecule has 0 aliphatic heterocycles. The minimum atomic E-state index is -0.644. The quantitative estimate of drug-likeness (QED) is 0.528. The highest BCUT2D eigenvalue weighted by molar-refractivity contribution is 8.02. The lowest BCUT2D eigenvalue weighted by Gasteiger charge is -2.56. The monoisotopic (exact) mass is 430 g/mol. The molecule has 166 valence electrons. The van der Waals surface area contributed by atoms with Crippen LogP contribution in [0.3, 0.4) is 0 Å². The number of aliphatic hydroxyl groups is 3. The van der Waals surface area contributed by atoms with Crippen LogP contribution in [0.1, 0.15) is 66.2 Å². The number of thioether (sulfide) groups is 1. The molecule has 4 heteroatoms. The minimum absolute atomic E-state index is 0.209. The van der Waals surface area contributed by atoms with Gasteiger partial charge in [-0.2, -0.15) is 0 Å². The third-order valence-electron chi connectivity index (χ3n) is 8.44. The summed E-state index contributed by atoms with van der Waals surface area (Å²) in [6.45, 7) is 8.36. The van der Waals surface area contributed by atoms with Crippen molar-refractivity contribution in [2.45, 2.75) is 84.0 Å². The molecule has 0 aromatic rings. The number of fused-ring (bicyclic) bond motifs is 5. The Bertz CT molecular complexity index is 802. The Hall–Kier alpha value is -0.810. The second kappa shape index (κ2) is 7.95.